The van der Waals surface area contributed by atoms with Crippen LogP contribution in [0.5, 0.6) is 0 Å². The lowest BCUT2D eigenvalue weighted by atomic mass is 10.0. The van der Waals surface area contributed by atoms with Crippen molar-refractivity contribution in [2.24, 2.45) is 0 Å². The average molecular weight is 277 g/mol. The molecule has 1 N–H and O–H groups in total. The van der Waals surface area contributed by atoms with Gasteiger partial charge in [-0.15, -0.1) is 0 Å². The minimum absolute atomic E-state index is 0.465. The summed E-state index contributed by atoms with van der Waals surface area (Å²) in [5, 5.41) is 3.73. The van der Waals surface area contributed by atoms with E-state index in [0.29, 0.717) is 12.1 Å². The Morgan fingerprint density at radius 3 is 2.79 bits per heavy atom. The number of thioether (sulfide) groups is 1. The first-order chi connectivity index (χ1) is 9.20. The molecule has 19 heavy (non-hydrogen) atoms. The monoisotopic (exact) mass is 277 g/mol. The third kappa shape index (κ3) is 4.25. The summed E-state index contributed by atoms with van der Waals surface area (Å²) in [7, 11) is 0. The van der Waals surface area contributed by atoms with Crippen LogP contribution in [0.1, 0.15) is 56.3 Å². The van der Waals surface area contributed by atoms with Crippen LogP contribution in [-0.2, 0) is 12.8 Å². The maximum absolute atomic E-state index is 3.73. The van der Waals surface area contributed by atoms with Gasteiger partial charge in [0.05, 0.1) is 0 Å². The number of nitrogens with one attached hydrogen (secondary N) is 1. The predicted octanol–water partition coefficient (Wildman–Crippen LogP) is 4.36. The zero-order chi connectivity index (χ0) is 13.7. The van der Waals surface area contributed by atoms with Crippen molar-refractivity contribution < 1.29 is 0 Å². The molecular weight excluding hydrogens is 250 g/mol. The molecule has 1 aliphatic carbocycles. The number of aryl methyl sites for hydroxylation is 2. The van der Waals surface area contributed by atoms with Crippen LogP contribution in [0.3, 0.4) is 0 Å². The molecule has 1 aliphatic rings. The van der Waals surface area contributed by atoms with E-state index in [9.17, 15) is 0 Å². The van der Waals surface area contributed by atoms with Gasteiger partial charge in [0.15, 0.2) is 0 Å². The summed E-state index contributed by atoms with van der Waals surface area (Å²) in [5.74, 6) is 2.49. The molecule has 0 heterocycles. The largest absolute Gasteiger partial charge is 0.308 e. The van der Waals surface area contributed by atoms with E-state index in [1.807, 2.05) is 11.8 Å². The molecule has 0 fully saturated rings. The summed E-state index contributed by atoms with van der Waals surface area (Å²) >= 11 is 2.04. The number of benzene rings is 1. The highest BCUT2D eigenvalue weighted by molar-refractivity contribution is 7.99. The molecule has 0 radical (unpaired) electrons. The Balaban J connectivity index is 1.87. The van der Waals surface area contributed by atoms with Crippen molar-refractivity contribution in [2.45, 2.75) is 58.5 Å². The Labute approximate surface area is 122 Å². The van der Waals surface area contributed by atoms with Crippen molar-refractivity contribution in [3.05, 3.63) is 34.9 Å². The van der Waals surface area contributed by atoms with E-state index < -0.39 is 0 Å². The van der Waals surface area contributed by atoms with Gasteiger partial charge in [-0.3, -0.25) is 0 Å². The van der Waals surface area contributed by atoms with E-state index in [1.165, 1.54) is 42.8 Å². The van der Waals surface area contributed by atoms with Crippen LogP contribution >= 0.6 is 11.8 Å². The summed E-state index contributed by atoms with van der Waals surface area (Å²) in [5.41, 5.74) is 4.61. The van der Waals surface area contributed by atoms with Crippen molar-refractivity contribution in [3.8, 4) is 0 Å². The summed E-state index contributed by atoms with van der Waals surface area (Å²) in [6.07, 6.45) is 5.15. The Kier molecular flexibility index (Phi) is 5.77. The molecule has 1 nitrogen and oxygen atoms in total. The van der Waals surface area contributed by atoms with Crippen molar-refractivity contribution >= 4 is 11.8 Å². The number of hydrogen-bond acceptors (Lipinski definition) is 2. The second-order valence-corrected chi connectivity index (χ2v) is 7.05. The molecule has 0 amide bonds. The number of rotatable bonds is 7. The molecule has 106 valence electrons. The first kappa shape index (κ1) is 14.9. The molecule has 2 unspecified atom stereocenters. The molecule has 0 saturated carbocycles. The third-order valence-corrected chi connectivity index (χ3v) is 4.99. The Morgan fingerprint density at radius 2 is 2.00 bits per heavy atom. The maximum atomic E-state index is 3.73. The van der Waals surface area contributed by atoms with Gasteiger partial charge >= 0.3 is 0 Å². The minimum atomic E-state index is 0.465. The molecule has 0 bridgehead atoms. The van der Waals surface area contributed by atoms with E-state index in [4.69, 9.17) is 0 Å². The van der Waals surface area contributed by atoms with Crippen LogP contribution in [0.15, 0.2) is 18.2 Å². The van der Waals surface area contributed by atoms with Crippen LogP contribution < -0.4 is 5.32 Å². The topological polar surface area (TPSA) is 12.0 Å². The Morgan fingerprint density at radius 1 is 1.21 bits per heavy atom. The van der Waals surface area contributed by atoms with E-state index in [-0.39, 0.29) is 0 Å². The van der Waals surface area contributed by atoms with Gasteiger partial charge in [0.1, 0.15) is 0 Å². The molecule has 2 heteroatoms. The molecule has 2 rings (SSSR count). The van der Waals surface area contributed by atoms with Crippen molar-refractivity contribution in [1.82, 2.24) is 5.32 Å². The Bertz CT molecular complexity index is 402. The summed E-state index contributed by atoms with van der Waals surface area (Å²) < 4.78 is 0. The van der Waals surface area contributed by atoms with Gasteiger partial charge in [-0.25, -0.2) is 0 Å². The van der Waals surface area contributed by atoms with E-state index in [2.05, 4.69) is 44.3 Å². The maximum Gasteiger partial charge on any atom is 0.0294 e. The molecule has 0 aromatic heterocycles. The fraction of sp³-hybridized carbons (Fsp3) is 0.647. The van der Waals surface area contributed by atoms with Gasteiger partial charge in [0.2, 0.25) is 0 Å². The van der Waals surface area contributed by atoms with Gasteiger partial charge in [-0.1, -0.05) is 25.1 Å². The number of hydrogen-bond donors (Lipinski definition) is 1. The summed E-state index contributed by atoms with van der Waals surface area (Å²) in [6.45, 7) is 6.83. The summed E-state index contributed by atoms with van der Waals surface area (Å²) in [4.78, 5) is 0. The van der Waals surface area contributed by atoms with Gasteiger partial charge in [0, 0.05) is 12.1 Å². The fourth-order valence-corrected chi connectivity index (χ4v) is 3.68. The predicted molar refractivity (Wildman–Crippen MR) is 87.1 cm³/mol. The molecule has 2 atom stereocenters. The second-order valence-electron chi connectivity index (χ2n) is 5.66. The highest BCUT2D eigenvalue weighted by Gasteiger charge is 2.14. The van der Waals surface area contributed by atoms with Gasteiger partial charge < -0.3 is 5.32 Å². The Hall–Kier alpha value is -0.470. The van der Waals surface area contributed by atoms with Crippen LogP contribution in [0.2, 0.25) is 0 Å². The summed E-state index contributed by atoms with van der Waals surface area (Å²) in [6, 6.07) is 8.14. The highest BCUT2D eigenvalue weighted by atomic mass is 32.2. The van der Waals surface area contributed by atoms with Gasteiger partial charge in [-0.2, -0.15) is 11.8 Å². The van der Waals surface area contributed by atoms with Crippen LogP contribution in [0.4, 0.5) is 0 Å². The molecule has 0 aliphatic heterocycles. The highest BCUT2D eigenvalue weighted by Crippen LogP contribution is 2.25. The lowest BCUT2D eigenvalue weighted by Crippen LogP contribution is -2.29. The zero-order valence-corrected chi connectivity index (χ0v) is 13.4. The fourth-order valence-electron chi connectivity index (χ4n) is 2.87. The first-order valence-corrected chi connectivity index (χ1v) is 8.81. The van der Waals surface area contributed by atoms with Crippen molar-refractivity contribution in [1.29, 1.82) is 0 Å². The molecule has 0 saturated heterocycles. The third-order valence-electron chi connectivity index (χ3n) is 4.06. The standard InChI is InChI=1S/C17H27NS/c1-4-19-11-10-13(2)18-14(3)16-9-8-15-6-5-7-17(15)12-16/h8-9,12-14,18H,4-7,10-11H2,1-3H3. The first-order valence-electron chi connectivity index (χ1n) is 7.66. The second kappa shape index (κ2) is 7.35. The van der Waals surface area contributed by atoms with Crippen molar-refractivity contribution in [3.63, 3.8) is 0 Å². The molecule has 1 aromatic rings. The van der Waals surface area contributed by atoms with Crippen molar-refractivity contribution in [2.75, 3.05) is 11.5 Å². The quantitative estimate of drug-likeness (QED) is 0.743. The van der Waals surface area contributed by atoms with Crippen LogP contribution in [-0.4, -0.2) is 17.5 Å². The lowest BCUT2D eigenvalue weighted by molar-refractivity contribution is 0.471. The minimum Gasteiger partial charge on any atom is -0.308 e. The van der Waals surface area contributed by atoms with Gasteiger partial charge in [-0.05, 0) is 67.7 Å². The normalized spacial score (nSPS) is 17.2. The van der Waals surface area contributed by atoms with E-state index >= 15 is 0 Å². The van der Waals surface area contributed by atoms with E-state index in [1.54, 1.807) is 11.1 Å². The van der Waals surface area contributed by atoms with Crippen LogP contribution in [0.25, 0.3) is 0 Å². The number of fused-ring (bicyclic) bond motifs is 1. The molecule has 0 spiro atoms. The smallest absolute Gasteiger partial charge is 0.0294 e. The van der Waals surface area contributed by atoms with E-state index in [0.717, 1.165) is 0 Å². The average Bonchev–Trinajstić information content (AvgIpc) is 2.86. The zero-order valence-electron chi connectivity index (χ0n) is 12.5. The molecule has 1 aromatic carbocycles. The lowest BCUT2D eigenvalue weighted by Gasteiger charge is -2.21. The van der Waals surface area contributed by atoms with Crippen LogP contribution in [0, 0.1) is 0 Å². The van der Waals surface area contributed by atoms with Gasteiger partial charge in [0.25, 0.3) is 0 Å². The molecular formula is C17H27NS. The SMILES string of the molecule is CCSCCC(C)NC(C)c1ccc2c(c1)CCC2.